The smallest absolute Gasteiger partial charge is 0.409 e. The molecule has 9 nitrogen and oxygen atoms in total. The lowest BCUT2D eigenvalue weighted by atomic mass is 9.99. The van der Waals surface area contributed by atoms with Crippen LogP contribution in [0.1, 0.15) is 35.6 Å². The summed E-state index contributed by atoms with van der Waals surface area (Å²) in [6.07, 6.45) is 0.640. The first-order valence-corrected chi connectivity index (χ1v) is 14.5. The number of aromatic nitrogens is 1. The van der Waals surface area contributed by atoms with Gasteiger partial charge in [0.1, 0.15) is 11.5 Å². The van der Waals surface area contributed by atoms with Gasteiger partial charge in [-0.2, -0.15) is 0 Å². The van der Waals surface area contributed by atoms with Gasteiger partial charge in [-0.3, -0.25) is 10.1 Å². The molecule has 0 fully saturated rings. The third-order valence-electron chi connectivity index (χ3n) is 7.39. The van der Waals surface area contributed by atoms with Gasteiger partial charge in [0.2, 0.25) is 5.56 Å². The second-order valence-electron chi connectivity index (χ2n) is 10.6. The van der Waals surface area contributed by atoms with Gasteiger partial charge in [-0.05, 0) is 71.8 Å². The summed E-state index contributed by atoms with van der Waals surface area (Å²) in [6, 6.07) is 29.5. The van der Waals surface area contributed by atoms with Gasteiger partial charge >= 0.3 is 6.09 Å². The molecule has 0 aliphatic carbocycles. The van der Waals surface area contributed by atoms with Gasteiger partial charge < -0.3 is 30.4 Å². The molecule has 44 heavy (non-hydrogen) atoms. The van der Waals surface area contributed by atoms with E-state index < -0.39 is 12.2 Å². The molecule has 0 saturated carbocycles. The van der Waals surface area contributed by atoms with Crippen molar-refractivity contribution in [2.24, 2.45) is 0 Å². The number of phenols is 1. The van der Waals surface area contributed by atoms with Crippen molar-refractivity contribution in [3.05, 3.63) is 124 Å². The second kappa shape index (κ2) is 14.4. The highest BCUT2D eigenvalue weighted by Gasteiger charge is 2.14. The van der Waals surface area contributed by atoms with E-state index in [0.717, 1.165) is 47.3 Å². The molecule has 0 saturated heterocycles. The fourth-order valence-corrected chi connectivity index (χ4v) is 5.17. The number of anilines is 1. The number of aromatic amines is 1. The van der Waals surface area contributed by atoms with Crippen LogP contribution in [0, 0.1) is 0 Å². The van der Waals surface area contributed by atoms with E-state index in [2.05, 4.69) is 15.6 Å². The maximum Gasteiger partial charge on any atom is 0.409 e. The lowest BCUT2D eigenvalue weighted by Gasteiger charge is -2.15. The number of rotatable bonds is 13. The number of carbonyl (C=O) groups is 1. The number of aliphatic hydroxyl groups is 1. The highest BCUT2D eigenvalue weighted by atomic mass is 16.5. The van der Waals surface area contributed by atoms with Crippen molar-refractivity contribution in [2.45, 2.75) is 31.9 Å². The number of phenolic OH excluding ortho intramolecular Hbond substituents is 1. The maximum absolute atomic E-state index is 11.6. The zero-order valence-electron chi connectivity index (χ0n) is 24.1. The van der Waals surface area contributed by atoms with Gasteiger partial charge in [0.25, 0.3) is 0 Å². The van der Waals surface area contributed by atoms with Crippen molar-refractivity contribution in [3.63, 3.8) is 0 Å². The number of unbranched alkanes of at least 4 members (excludes halogenated alkanes) is 1. The monoisotopic (exact) mass is 593 g/mol. The molecule has 4 aromatic carbocycles. The molecule has 0 radical (unpaired) electrons. The maximum atomic E-state index is 11.6. The van der Waals surface area contributed by atoms with E-state index in [-0.39, 0.29) is 11.3 Å². The third kappa shape index (κ3) is 7.83. The van der Waals surface area contributed by atoms with Gasteiger partial charge in [0.15, 0.2) is 0 Å². The number of nitrogens with one attached hydrogen (secondary N) is 3. The molecule has 1 amide bonds. The molecular weight excluding hydrogens is 558 g/mol. The summed E-state index contributed by atoms with van der Waals surface area (Å²) in [5.41, 5.74) is 5.08. The number of carboxylic acid groups (broad SMARTS) is 1. The first-order valence-electron chi connectivity index (χ1n) is 14.5. The van der Waals surface area contributed by atoms with Crippen LogP contribution in [0.25, 0.3) is 22.0 Å². The average Bonchev–Trinajstić information content (AvgIpc) is 3.02. The summed E-state index contributed by atoms with van der Waals surface area (Å²) in [5, 5.41) is 36.5. The Morgan fingerprint density at radius 3 is 2.43 bits per heavy atom. The van der Waals surface area contributed by atoms with E-state index in [9.17, 15) is 24.9 Å². The van der Waals surface area contributed by atoms with Crippen LogP contribution in [-0.2, 0) is 13.0 Å². The molecule has 1 aromatic heterocycles. The first kappa shape index (κ1) is 30.3. The van der Waals surface area contributed by atoms with Crippen LogP contribution in [0.15, 0.2) is 102 Å². The van der Waals surface area contributed by atoms with Crippen LogP contribution in [0.3, 0.4) is 0 Å². The van der Waals surface area contributed by atoms with Crippen molar-refractivity contribution < 1.29 is 24.9 Å². The molecule has 0 unspecified atom stereocenters. The highest BCUT2D eigenvalue weighted by molar-refractivity contribution is 5.91. The SMILES string of the molecule is O=C(O)Nc1cc(CCCCOc2ccc(CNC[C@H](O)c3ccc(O)c4[nH]c(=O)ccc34)cc2)ccc1-c1ccccc1. The Morgan fingerprint density at radius 2 is 1.66 bits per heavy atom. The summed E-state index contributed by atoms with van der Waals surface area (Å²) in [5.74, 6) is 0.736. The lowest BCUT2D eigenvalue weighted by molar-refractivity contribution is 0.176. The first-order chi connectivity index (χ1) is 21.4. The van der Waals surface area contributed by atoms with Gasteiger partial charge in [-0.25, -0.2) is 4.79 Å². The molecule has 0 aliphatic rings. The topological polar surface area (TPSA) is 144 Å². The summed E-state index contributed by atoms with van der Waals surface area (Å²) in [7, 11) is 0. The molecule has 1 atom stereocenters. The Labute approximate surface area is 254 Å². The lowest BCUT2D eigenvalue weighted by Crippen LogP contribution is -2.21. The molecular formula is C35H35N3O6. The molecule has 0 aliphatic heterocycles. The van der Waals surface area contributed by atoms with Crippen LogP contribution in [0.4, 0.5) is 10.5 Å². The number of aromatic hydroxyl groups is 1. The molecule has 226 valence electrons. The Bertz CT molecular complexity index is 1770. The van der Waals surface area contributed by atoms with E-state index in [4.69, 9.17) is 4.74 Å². The minimum Gasteiger partial charge on any atom is -0.506 e. The van der Waals surface area contributed by atoms with Gasteiger partial charge in [0, 0.05) is 30.1 Å². The van der Waals surface area contributed by atoms with Crippen molar-refractivity contribution >= 4 is 22.7 Å². The molecule has 1 heterocycles. The number of pyridine rings is 1. The zero-order chi connectivity index (χ0) is 30.9. The van der Waals surface area contributed by atoms with Crippen molar-refractivity contribution in [2.75, 3.05) is 18.5 Å². The normalized spacial score (nSPS) is 11.8. The van der Waals surface area contributed by atoms with E-state index in [1.807, 2.05) is 72.8 Å². The molecule has 5 aromatic rings. The summed E-state index contributed by atoms with van der Waals surface area (Å²) < 4.78 is 5.92. The zero-order valence-corrected chi connectivity index (χ0v) is 24.1. The van der Waals surface area contributed by atoms with Gasteiger partial charge in [-0.15, -0.1) is 0 Å². The van der Waals surface area contributed by atoms with E-state index in [1.54, 1.807) is 12.1 Å². The van der Waals surface area contributed by atoms with Crippen LogP contribution in [-0.4, -0.2) is 39.5 Å². The molecule has 9 heteroatoms. The van der Waals surface area contributed by atoms with Gasteiger partial charge in [0.05, 0.1) is 23.9 Å². The highest BCUT2D eigenvalue weighted by Crippen LogP contribution is 2.30. The number of amides is 1. The van der Waals surface area contributed by atoms with Crippen molar-refractivity contribution in [1.82, 2.24) is 10.3 Å². The summed E-state index contributed by atoms with van der Waals surface area (Å²) in [6.45, 7) is 1.41. The van der Waals surface area contributed by atoms with Gasteiger partial charge in [-0.1, -0.05) is 60.7 Å². The Hall–Kier alpha value is -5.12. The number of H-pyrrole nitrogens is 1. The Balaban J connectivity index is 1.06. The molecule has 6 N–H and O–H groups in total. The number of hydrogen-bond acceptors (Lipinski definition) is 6. The van der Waals surface area contributed by atoms with Crippen LogP contribution >= 0.6 is 0 Å². The fourth-order valence-electron chi connectivity index (χ4n) is 5.17. The number of hydrogen-bond donors (Lipinski definition) is 6. The number of fused-ring (bicyclic) bond motifs is 1. The number of aliphatic hydroxyl groups excluding tert-OH is 1. The number of benzene rings is 4. The predicted octanol–water partition coefficient (Wildman–Crippen LogP) is 6.22. The average molecular weight is 594 g/mol. The van der Waals surface area contributed by atoms with Crippen LogP contribution in [0.2, 0.25) is 0 Å². The molecule has 0 spiro atoms. The van der Waals surface area contributed by atoms with E-state index in [1.165, 1.54) is 12.1 Å². The van der Waals surface area contributed by atoms with E-state index >= 15 is 0 Å². The number of ether oxygens (including phenoxy) is 1. The van der Waals surface area contributed by atoms with Crippen molar-refractivity contribution in [1.29, 1.82) is 0 Å². The molecule has 5 rings (SSSR count). The predicted molar refractivity (Wildman–Crippen MR) is 171 cm³/mol. The Kier molecular flexibility index (Phi) is 9.91. The number of aryl methyl sites for hydroxylation is 1. The standard InChI is InChI=1S/C35H35N3O6/c39-31-17-15-28(29-16-18-33(41)38-34(29)31)32(40)22-36-21-24-9-12-26(13-10-24)44-19-5-4-6-23-11-14-27(25-7-2-1-3-8-25)30(20-23)37-35(42)43/h1-3,7-18,20,32,36-37,39-40H,4-6,19,21-22H2,(H,38,41)(H,42,43)/t32-/m0/s1. The van der Waals surface area contributed by atoms with Crippen LogP contribution < -0.4 is 20.9 Å². The minimum absolute atomic E-state index is 0.0399. The van der Waals surface area contributed by atoms with Crippen LogP contribution in [0.5, 0.6) is 11.5 Å². The second-order valence-corrected chi connectivity index (χ2v) is 10.6. The Morgan fingerprint density at radius 1 is 0.886 bits per heavy atom. The minimum atomic E-state index is -1.09. The van der Waals surface area contributed by atoms with E-state index in [0.29, 0.717) is 41.9 Å². The van der Waals surface area contributed by atoms with Crippen molar-refractivity contribution in [3.8, 4) is 22.6 Å². The summed E-state index contributed by atoms with van der Waals surface area (Å²) in [4.78, 5) is 25.6. The third-order valence-corrected chi connectivity index (χ3v) is 7.39. The summed E-state index contributed by atoms with van der Waals surface area (Å²) >= 11 is 0. The largest absolute Gasteiger partial charge is 0.506 e. The molecule has 0 bridgehead atoms. The fraction of sp³-hybridized carbons (Fsp3) is 0.200. The quantitative estimate of drug-likeness (QED) is 0.0890.